The van der Waals surface area contributed by atoms with E-state index in [1.807, 2.05) is 11.9 Å². The van der Waals surface area contributed by atoms with Crippen molar-refractivity contribution in [2.45, 2.75) is 32.7 Å². The van der Waals surface area contributed by atoms with Crippen molar-refractivity contribution in [3.05, 3.63) is 23.8 Å². The summed E-state index contributed by atoms with van der Waals surface area (Å²) in [7, 11) is 1.93. The summed E-state index contributed by atoms with van der Waals surface area (Å²) >= 11 is 0. The Labute approximate surface area is 102 Å². The van der Waals surface area contributed by atoms with E-state index < -0.39 is 5.97 Å². The van der Waals surface area contributed by atoms with Crippen LogP contribution in [0, 0.1) is 0 Å². The van der Waals surface area contributed by atoms with Crippen LogP contribution in [0.2, 0.25) is 0 Å². The Bertz CT molecular complexity index is 400. The van der Waals surface area contributed by atoms with Crippen LogP contribution in [0.5, 0.6) is 0 Å². The Morgan fingerprint density at radius 3 is 2.47 bits per heavy atom. The van der Waals surface area contributed by atoms with Gasteiger partial charge in [-0.2, -0.15) is 0 Å². The van der Waals surface area contributed by atoms with Crippen molar-refractivity contribution < 1.29 is 9.90 Å². The molecule has 0 atom stereocenters. The highest BCUT2D eigenvalue weighted by Gasteiger charge is 2.18. The molecule has 4 heteroatoms. The Kier molecular flexibility index (Phi) is 4.37. The number of nitrogens with two attached hydrogens (primary N) is 1. The zero-order valence-electron chi connectivity index (χ0n) is 10.6. The molecule has 0 radical (unpaired) electrons. The molecule has 0 spiro atoms. The van der Waals surface area contributed by atoms with Gasteiger partial charge in [0, 0.05) is 18.8 Å². The Morgan fingerprint density at radius 1 is 1.41 bits per heavy atom. The van der Waals surface area contributed by atoms with Crippen molar-refractivity contribution in [1.29, 1.82) is 0 Å². The molecule has 0 fully saturated rings. The lowest BCUT2D eigenvalue weighted by molar-refractivity contribution is 0.0697. The van der Waals surface area contributed by atoms with Gasteiger partial charge in [-0.25, -0.2) is 4.79 Å². The quantitative estimate of drug-likeness (QED) is 0.771. The first-order valence-electron chi connectivity index (χ1n) is 5.86. The second-order valence-electron chi connectivity index (χ2n) is 4.16. The van der Waals surface area contributed by atoms with Crippen molar-refractivity contribution in [3.63, 3.8) is 0 Å². The smallest absolute Gasteiger partial charge is 0.337 e. The number of nitrogens with zero attached hydrogens (tertiary/aromatic N) is 1. The van der Waals surface area contributed by atoms with Crippen LogP contribution in [0.25, 0.3) is 0 Å². The van der Waals surface area contributed by atoms with Crippen molar-refractivity contribution in [1.82, 2.24) is 0 Å². The van der Waals surface area contributed by atoms with Gasteiger partial charge in [-0.15, -0.1) is 0 Å². The van der Waals surface area contributed by atoms with Gasteiger partial charge in [0.15, 0.2) is 0 Å². The first-order valence-corrected chi connectivity index (χ1v) is 5.86. The van der Waals surface area contributed by atoms with Gasteiger partial charge in [-0.05, 0) is 31.0 Å². The number of carboxylic acid groups (broad SMARTS) is 1. The first kappa shape index (κ1) is 13.4. The van der Waals surface area contributed by atoms with E-state index in [-0.39, 0.29) is 5.56 Å². The SMILES string of the molecule is CCC(CC)N(C)c1ccc(N)cc1C(=O)O. The molecule has 0 aliphatic heterocycles. The molecule has 94 valence electrons. The lowest BCUT2D eigenvalue weighted by atomic mass is 10.1. The number of hydrogen-bond donors (Lipinski definition) is 2. The fourth-order valence-electron chi connectivity index (χ4n) is 2.07. The van der Waals surface area contributed by atoms with Gasteiger partial charge in [-0.3, -0.25) is 0 Å². The van der Waals surface area contributed by atoms with E-state index in [1.165, 1.54) is 6.07 Å². The Balaban J connectivity index is 3.16. The normalized spacial score (nSPS) is 10.6. The Morgan fingerprint density at radius 2 is 2.00 bits per heavy atom. The highest BCUT2D eigenvalue weighted by atomic mass is 16.4. The number of rotatable bonds is 5. The summed E-state index contributed by atoms with van der Waals surface area (Å²) < 4.78 is 0. The summed E-state index contributed by atoms with van der Waals surface area (Å²) in [4.78, 5) is 13.2. The van der Waals surface area contributed by atoms with Crippen LogP contribution in [-0.2, 0) is 0 Å². The average Bonchev–Trinajstić information content (AvgIpc) is 2.30. The number of carbonyl (C=O) groups is 1. The van der Waals surface area contributed by atoms with Crippen LogP contribution < -0.4 is 10.6 Å². The molecule has 1 aromatic carbocycles. The molecule has 0 aliphatic rings. The second-order valence-corrected chi connectivity index (χ2v) is 4.16. The van der Waals surface area contributed by atoms with Gasteiger partial charge in [0.05, 0.1) is 11.3 Å². The lowest BCUT2D eigenvalue weighted by Gasteiger charge is -2.29. The predicted octanol–water partition coefficient (Wildman–Crippen LogP) is 2.59. The summed E-state index contributed by atoms with van der Waals surface area (Å²) in [6.07, 6.45) is 1.97. The molecular formula is C13H20N2O2. The number of hydrogen-bond acceptors (Lipinski definition) is 3. The average molecular weight is 236 g/mol. The van der Waals surface area contributed by atoms with E-state index in [0.717, 1.165) is 18.5 Å². The predicted molar refractivity (Wildman–Crippen MR) is 70.6 cm³/mol. The Hall–Kier alpha value is -1.71. The van der Waals surface area contributed by atoms with Gasteiger partial charge >= 0.3 is 5.97 Å². The molecule has 0 bridgehead atoms. The van der Waals surface area contributed by atoms with Gasteiger partial charge in [0.2, 0.25) is 0 Å². The summed E-state index contributed by atoms with van der Waals surface area (Å²) in [6, 6.07) is 5.37. The fraction of sp³-hybridized carbons (Fsp3) is 0.462. The summed E-state index contributed by atoms with van der Waals surface area (Å²) in [5.41, 5.74) is 7.09. The largest absolute Gasteiger partial charge is 0.478 e. The number of anilines is 2. The molecule has 1 aromatic rings. The molecule has 3 N–H and O–H groups in total. The molecule has 0 amide bonds. The lowest BCUT2D eigenvalue weighted by Crippen LogP contribution is -2.31. The third-order valence-corrected chi connectivity index (χ3v) is 3.12. The molecule has 0 aromatic heterocycles. The maximum absolute atomic E-state index is 11.2. The standard InChI is InChI=1S/C13H20N2O2/c1-4-10(5-2)15(3)12-7-6-9(14)8-11(12)13(16)17/h6-8,10H,4-5,14H2,1-3H3,(H,16,17). The van der Waals surface area contributed by atoms with Crippen LogP contribution in [0.15, 0.2) is 18.2 Å². The van der Waals surface area contributed by atoms with Crippen molar-refractivity contribution in [2.24, 2.45) is 0 Å². The zero-order chi connectivity index (χ0) is 13.0. The van der Waals surface area contributed by atoms with E-state index in [9.17, 15) is 9.90 Å². The molecule has 0 aliphatic carbocycles. The molecular weight excluding hydrogens is 216 g/mol. The van der Waals surface area contributed by atoms with Crippen LogP contribution in [0.3, 0.4) is 0 Å². The maximum Gasteiger partial charge on any atom is 0.337 e. The molecule has 0 saturated heterocycles. The van der Waals surface area contributed by atoms with Crippen LogP contribution in [-0.4, -0.2) is 24.2 Å². The number of benzene rings is 1. The first-order chi connectivity index (χ1) is 8.01. The van der Waals surface area contributed by atoms with Gasteiger partial charge in [-0.1, -0.05) is 13.8 Å². The second kappa shape index (κ2) is 5.57. The molecule has 0 unspecified atom stereocenters. The van der Waals surface area contributed by atoms with E-state index in [0.29, 0.717) is 11.7 Å². The highest BCUT2D eigenvalue weighted by Crippen LogP contribution is 2.25. The molecule has 1 rings (SSSR count). The van der Waals surface area contributed by atoms with E-state index >= 15 is 0 Å². The third kappa shape index (κ3) is 2.90. The minimum Gasteiger partial charge on any atom is -0.478 e. The van der Waals surface area contributed by atoms with Gasteiger partial charge < -0.3 is 15.7 Å². The highest BCUT2D eigenvalue weighted by molar-refractivity contribution is 5.95. The monoisotopic (exact) mass is 236 g/mol. The van der Waals surface area contributed by atoms with Crippen LogP contribution >= 0.6 is 0 Å². The number of nitrogen functional groups attached to an aromatic ring is 1. The van der Waals surface area contributed by atoms with Crippen LogP contribution in [0.1, 0.15) is 37.0 Å². The zero-order valence-corrected chi connectivity index (χ0v) is 10.6. The molecule has 17 heavy (non-hydrogen) atoms. The number of carboxylic acids is 1. The molecule has 0 saturated carbocycles. The summed E-state index contributed by atoms with van der Waals surface area (Å²) in [5.74, 6) is -0.940. The van der Waals surface area contributed by atoms with Gasteiger partial charge in [0.1, 0.15) is 0 Å². The summed E-state index contributed by atoms with van der Waals surface area (Å²) in [6.45, 7) is 4.20. The summed E-state index contributed by atoms with van der Waals surface area (Å²) in [5, 5.41) is 9.18. The van der Waals surface area contributed by atoms with Crippen molar-refractivity contribution in [3.8, 4) is 0 Å². The van der Waals surface area contributed by atoms with E-state index in [4.69, 9.17) is 5.73 Å². The minimum atomic E-state index is -0.940. The van der Waals surface area contributed by atoms with E-state index in [1.54, 1.807) is 12.1 Å². The van der Waals surface area contributed by atoms with Crippen LogP contribution in [0.4, 0.5) is 11.4 Å². The van der Waals surface area contributed by atoms with Crippen molar-refractivity contribution >= 4 is 17.3 Å². The minimum absolute atomic E-state index is 0.263. The topological polar surface area (TPSA) is 66.6 Å². The van der Waals surface area contributed by atoms with Crippen molar-refractivity contribution in [2.75, 3.05) is 17.7 Å². The molecule has 0 heterocycles. The molecule has 4 nitrogen and oxygen atoms in total. The number of aromatic carboxylic acids is 1. The maximum atomic E-state index is 11.2. The third-order valence-electron chi connectivity index (χ3n) is 3.12. The van der Waals surface area contributed by atoms with Gasteiger partial charge in [0.25, 0.3) is 0 Å². The van der Waals surface area contributed by atoms with E-state index in [2.05, 4.69) is 13.8 Å². The fourth-order valence-corrected chi connectivity index (χ4v) is 2.07.